The van der Waals surface area contributed by atoms with Crippen LogP contribution < -0.4 is 10.6 Å². The Morgan fingerprint density at radius 2 is 1.95 bits per heavy atom. The molecule has 0 aliphatic carbocycles. The number of amides is 3. The number of rotatable bonds is 8. The first-order valence-corrected chi connectivity index (χ1v) is 13.8. The highest BCUT2D eigenvalue weighted by Crippen LogP contribution is 2.32. The number of phenolic OH excluding ortho intramolecular Hbond substituents is 1. The molecule has 202 valence electrons. The average Bonchev–Trinajstić information content (AvgIpc) is 3.40. The van der Waals surface area contributed by atoms with Gasteiger partial charge in [-0.05, 0) is 42.2 Å². The number of nitrogens with zero attached hydrogens (tertiary/aromatic N) is 2. The third-order valence-corrected chi connectivity index (χ3v) is 7.63. The van der Waals surface area contributed by atoms with E-state index in [0.717, 1.165) is 16.1 Å². The van der Waals surface area contributed by atoms with Gasteiger partial charge in [-0.3, -0.25) is 14.4 Å². The minimum Gasteiger partial charge on any atom is -0.508 e. The zero-order valence-electron chi connectivity index (χ0n) is 22.9. The number of nitrogens with one attached hydrogen (secondary N) is 2. The Morgan fingerprint density at radius 3 is 2.51 bits per heavy atom. The topological polar surface area (TPSA) is 112 Å². The van der Waals surface area contributed by atoms with Crippen molar-refractivity contribution in [3.05, 3.63) is 35.0 Å². The van der Waals surface area contributed by atoms with Gasteiger partial charge in [0, 0.05) is 25.1 Å². The molecular weight excluding hydrogens is 488 g/mol. The van der Waals surface area contributed by atoms with Crippen LogP contribution in [0, 0.1) is 24.2 Å². The van der Waals surface area contributed by atoms with Crippen LogP contribution in [0.4, 0.5) is 0 Å². The van der Waals surface area contributed by atoms with Crippen molar-refractivity contribution in [3.63, 3.8) is 0 Å². The third kappa shape index (κ3) is 7.09. The Labute approximate surface area is 223 Å². The molecule has 1 aliphatic heterocycles. The lowest BCUT2D eigenvalue weighted by atomic mass is 9.85. The molecule has 8 nitrogen and oxygen atoms in total. The van der Waals surface area contributed by atoms with Gasteiger partial charge in [-0.25, -0.2) is 4.98 Å². The zero-order valence-corrected chi connectivity index (χ0v) is 23.7. The van der Waals surface area contributed by atoms with Crippen molar-refractivity contribution >= 4 is 29.1 Å². The maximum atomic E-state index is 13.7. The summed E-state index contributed by atoms with van der Waals surface area (Å²) >= 11 is 1.51. The lowest BCUT2D eigenvalue weighted by Gasteiger charge is -2.35. The number of phenols is 1. The van der Waals surface area contributed by atoms with Gasteiger partial charge in [0.05, 0.1) is 16.1 Å². The standard InChI is InChI=1S/C28H40N4O4S/c1-16(2)10-23(34)31-25(28(5,6)7)27(36)32-14-17(3)11-21(32)26(35)29-13-20-9-8-19(12-22(20)33)24-18(4)30-15-37-24/h8-9,12,15-17,21,25,33H,10-11,13-14H2,1-7H3,(H,29,35)(H,31,34). The molecule has 0 saturated carbocycles. The van der Waals surface area contributed by atoms with Crippen molar-refractivity contribution in [1.82, 2.24) is 20.5 Å². The Balaban J connectivity index is 1.71. The molecule has 0 spiro atoms. The largest absolute Gasteiger partial charge is 0.508 e. The number of hydrogen-bond donors (Lipinski definition) is 3. The number of benzene rings is 1. The highest BCUT2D eigenvalue weighted by molar-refractivity contribution is 7.13. The lowest BCUT2D eigenvalue weighted by Crippen LogP contribution is -2.57. The summed E-state index contributed by atoms with van der Waals surface area (Å²) in [6, 6.07) is 4.03. The van der Waals surface area contributed by atoms with Gasteiger partial charge in [-0.2, -0.15) is 0 Å². The molecule has 2 heterocycles. The first-order chi connectivity index (χ1) is 17.3. The molecule has 1 aromatic carbocycles. The van der Waals surface area contributed by atoms with E-state index in [0.29, 0.717) is 24.9 Å². The fourth-order valence-electron chi connectivity index (χ4n) is 4.68. The van der Waals surface area contributed by atoms with Crippen LogP contribution in [-0.2, 0) is 20.9 Å². The van der Waals surface area contributed by atoms with Crippen LogP contribution in [-0.4, -0.2) is 51.3 Å². The second-order valence-corrected chi connectivity index (χ2v) is 12.5. The van der Waals surface area contributed by atoms with E-state index >= 15 is 0 Å². The molecule has 9 heteroatoms. The molecule has 2 aromatic rings. The Morgan fingerprint density at radius 1 is 1.24 bits per heavy atom. The predicted octanol–water partition coefficient (Wildman–Crippen LogP) is 4.25. The molecule has 3 rings (SSSR count). The molecule has 3 unspecified atom stereocenters. The highest BCUT2D eigenvalue weighted by atomic mass is 32.1. The van der Waals surface area contributed by atoms with Crippen molar-refractivity contribution in [2.45, 2.75) is 79.9 Å². The second-order valence-electron chi connectivity index (χ2n) is 11.6. The van der Waals surface area contributed by atoms with Gasteiger partial charge in [-0.1, -0.05) is 53.7 Å². The number of aromatic nitrogens is 1. The number of aromatic hydroxyl groups is 1. The normalized spacial score (nSPS) is 18.6. The summed E-state index contributed by atoms with van der Waals surface area (Å²) in [5, 5.41) is 16.4. The van der Waals surface area contributed by atoms with E-state index in [2.05, 4.69) is 15.6 Å². The molecule has 37 heavy (non-hydrogen) atoms. The van der Waals surface area contributed by atoms with E-state index in [9.17, 15) is 19.5 Å². The Hall–Kier alpha value is -2.94. The molecule has 1 saturated heterocycles. The zero-order chi connectivity index (χ0) is 27.5. The lowest BCUT2D eigenvalue weighted by molar-refractivity contribution is -0.144. The Kier molecular flexibility index (Phi) is 9.00. The Bertz CT molecular complexity index is 1140. The van der Waals surface area contributed by atoms with Crippen molar-refractivity contribution < 1.29 is 19.5 Å². The van der Waals surface area contributed by atoms with Crippen LogP contribution in [0.15, 0.2) is 23.7 Å². The summed E-state index contributed by atoms with van der Waals surface area (Å²) in [7, 11) is 0. The van der Waals surface area contributed by atoms with Gasteiger partial charge in [0.2, 0.25) is 17.7 Å². The smallest absolute Gasteiger partial charge is 0.246 e. The van der Waals surface area contributed by atoms with E-state index in [1.165, 1.54) is 11.3 Å². The fraction of sp³-hybridized carbons (Fsp3) is 0.571. The molecular formula is C28H40N4O4S. The van der Waals surface area contributed by atoms with Gasteiger partial charge >= 0.3 is 0 Å². The summed E-state index contributed by atoms with van der Waals surface area (Å²) in [4.78, 5) is 46.3. The summed E-state index contributed by atoms with van der Waals surface area (Å²) < 4.78 is 0. The monoisotopic (exact) mass is 528 g/mol. The minimum absolute atomic E-state index is 0.0963. The predicted molar refractivity (Wildman–Crippen MR) is 146 cm³/mol. The molecule has 3 N–H and O–H groups in total. The summed E-state index contributed by atoms with van der Waals surface area (Å²) in [5.74, 6) is -0.232. The minimum atomic E-state index is -0.730. The first kappa shape index (κ1) is 28.6. The average molecular weight is 529 g/mol. The number of hydrogen-bond acceptors (Lipinski definition) is 6. The maximum absolute atomic E-state index is 13.7. The van der Waals surface area contributed by atoms with Crippen molar-refractivity contribution in [2.24, 2.45) is 17.3 Å². The summed E-state index contributed by atoms with van der Waals surface area (Å²) in [5.41, 5.74) is 3.63. The van der Waals surface area contributed by atoms with E-state index in [1.54, 1.807) is 22.5 Å². The summed E-state index contributed by atoms with van der Waals surface area (Å²) in [6.45, 7) is 14.2. The van der Waals surface area contributed by atoms with E-state index in [1.807, 2.05) is 54.5 Å². The van der Waals surface area contributed by atoms with Crippen molar-refractivity contribution in [1.29, 1.82) is 0 Å². The van der Waals surface area contributed by atoms with Gasteiger partial charge in [0.1, 0.15) is 17.8 Å². The van der Waals surface area contributed by atoms with Gasteiger partial charge in [-0.15, -0.1) is 11.3 Å². The van der Waals surface area contributed by atoms with Crippen LogP contribution in [0.3, 0.4) is 0 Å². The molecule has 0 radical (unpaired) electrons. The maximum Gasteiger partial charge on any atom is 0.246 e. The second kappa shape index (κ2) is 11.6. The third-order valence-electron chi connectivity index (χ3n) is 6.65. The molecule has 3 atom stereocenters. The van der Waals surface area contributed by atoms with E-state index in [-0.39, 0.29) is 41.9 Å². The van der Waals surface area contributed by atoms with Gasteiger partial charge in [0.25, 0.3) is 0 Å². The number of thiazole rings is 1. The van der Waals surface area contributed by atoms with Gasteiger partial charge in [0.15, 0.2) is 0 Å². The van der Waals surface area contributed by atoms with Crippen LogP contribution in [0.25, 0.3) is 10.4 Å². The highest BCUT2D eigenvalue weighted by Gasteiger charge is 2.43. The number of carbonyl (C=O) groups is 3. The van der Waals surface area contributed by atoms with Crippen molar-refractivity contribution in [3.8, 4) is 16.2 Å². The molecule has 1 aliphatic rings. The molecule has 1 fully saturated rings. The number of aryl methyl sites for hydroxylation is 1. The molecule has 0 bridgehead atoms. The van der Waals surface area contributed by atoms with E-state index in [4.69, 9.17) is 0 Å². The number of carbonyl (C=O) groups excluding carboxylic acids is 3. The molecule has 3 amide bonds. The van der Waals surface area contributed by atoms with E-state index < -0.39 is 17.5 Å². The van der Waals surface area contributed by atoms with Crippen LogP contribution in [0.2, 0.25) is 0 Å². The molecule has 1 aromatic heterocycles. The van der Waals surface area contributed by atoms with Crippen LogP contribution >= 0.6 is 11.3 Å². The number of likely N-dealkylation sites (tertiary alicyclic amines) is 1. The van der Waals surface area contributed by atoms with Crippen LogP contribution in [0.5, 0.6) is 5.75 Å². The first-order valence-electron chi connectivity index (χ1n) is 12.9. The SMILES string of the molecule is Cc1ncsc1-c1ccc(CNC(=O)C2CC(C)CN2C(=O)C(NC(=O)CC(C)C)C(C)(C)C)c(O)c1. The van der Waals surface area contributed by atoms with Crippen molar-refractivity contribution in [2.75, 3.05) is 6.54 Å². The van der Waals surface area contributed by atoms with Crippen LogP contribution in [0.1, 0.15) is 65.6 Å². The fourth-order valence-corrected chi connectivity index (χ4v) is 5.48. The summed E-state index contributed by atoms with van der Waals surface area (Å²) in [6.07, 6.45) is 0.884. The van der Waals surface area contributed by atoms with Gasteiger partial charge < -0.3 is 20.6 Å². The quantitative estimate of drug-likeness (QED) is 0.474.